The summed E-state index contributed by atoms with van der Waals surface area (Å²) in [6.07, 6.45) is 3.54. The Morgan fingerprint density at radius 2 is 1.81 bits per heavy atom. The molecule has 1 aliphatic heterocycles. The van der Waals surface area contributed by atoms with E-state index in [1.807, 2.05) is 29.2 Å². The van der Waals surface area contributed by atoms with Crippen LogP contribution in [0.3, 0.4) is 0 Å². The summed E-state index contributed by atoms with van der Waals surface area (Å²) in [7, 11) is 0. The van der Waals surface area contributed by atoms with E-state index in [0.717, 1.165) is 23.7 Å². The summed E-state index contributed by atoms with van der Waals surface area (Å²) >= 11 is 5.87. The summed E-state index contributed by atoms with van der Waals surface area (Å²) in [5.74, 6) is -0.955. The highest BCUT2D eigenvalue weighted by atomic mass is 35.5. The summed E-state index contributed by atoms with van der Waals surface area (Å²) in [4.78, 5) is 24.9. The molecule has 1 saturated heterocycles. The number of likely N-dealkylation sites (tertiary alicyclic amines) is 1. The Kier molecular flexibility index (Phi) is 5.58. The fourth-order valence-corrected chi connectivity index (χ4v) is 3.06. The molecule has 2 N–H and O–H groups in total. The van der Waals surface area contributed by atoms with Crippen LogP contribution in [-0.4, -0.2) is 41.0 Å². The summed E-state index contributed by atoms with van der Waals surface area (Å²) in [6.45, 7) is 1.35. The molecule has 0 radical (unpaired) electrons. The van der Waals surface area contributed by atoms with Gasteiger partial charge in [0.05, 0.1) is 0 Å². The normalized spacial score (nSPS) is 16.8. The molecule has 1 amide bonds. The van der Waals surface area contributed by atoms with E-state index in [2.05, 4.69) is 5.32 Å². The van der Waals surface area contributed by atoms with Gasteiger partial charge in [-0.3, -0.25) is 4.79 Å². The van der Waals surface area contributed by atoms with Crippen LogP contribution in [0.2, 0.25) is 5.02 Å². The van der Waals surface area contributed by atoms with Gasteiger partial charge in [0.25, 0.3) is 5.91 Å². The highest BCUT2D eigenvalue weighted by Crippen LogP contribution is 2.19. The van der Waals surface area contributed by atoms with E-state index in [1.165, 1.54) is 0 Å². The molecule has 6 heteroatoms. The maximum Gasteiger partial charge on any atom is 0.328 e. The predicted octanol–water partition coefficient (Wildman–Crippen LogP) is 3.76. The van der Waals surface area contributed by atoms with E-state index in [9.17, 15) is 9.59 Å². The second-order valence-corrected chi connectivity index (χ2v) is 6.62. The fraction of sp³-hybridized carbons (Fsp3) is 0.200. The third-order valence-corrected chi connectivity index (χ3v) is 4.52. The van der Waals surface area contributed by atoms with Crippen LogP contribution < -0.4 is 5.32 Å². The Bertz CT molecular complexity index is 816. The number of benzene rings is 2. The van der Waals surface area contributed by atoms with Crippen molar-refractivity contribution < 1.29 is 14.7 Å². The zero-order valence-electron chi connectivity index (χ0n) is 14.1. The van der Waals surface area contributed by atoms with Crippen molar-refractivity contribution in [3.63, 3.8) is 0 Å². The number of nitrogens with one attached hydrogen (secondary N) is 1. The standard InChI is InChI=1S/C20H19ClN2O3/c21-16-6-4-15(5-7-16)20(26)23-12-11-18(13-23)22-17-8-1-14(2-9-17)3-10-19(24)25/h1-10,18,22H,11-13H2,(H,24,25)/t18-/m1/s1. The van der Waals surface area contributed by atoms with Gasteiger partial charge in [-0.05, 0) is 54.5 Å². The molecular formula is C20H19ClN2O3. The Morgan fingerprint density at radius 3 is 2.46 bits per heavy atom. The summed E-state index contributed by atoms with van der Waals surface area (Å²) in [5.41, 5.74) is 2.41. The smallest absolute Gasteiger partial charge is 0.328 e. The minimum atomic E-state index is -0.969. The van der Waals surface area contributed by atoms with Gasteiger partial charge in [-0.1, -0.05) is 23.7 Å². The monoisotopic (exact) mass is 370 g/mol. The van der Waals surface area contributed by atoms with Crippen LogP contribution in [0.5, 0.6) is 0 Å². The number of carbonyl (C=O) groups excluding carboxylic acids is 1. The van der Waals surface area contributed by atoms with Crippen molar-refractivity contribution >= 4 is 35.2 Å². The first-order chi connectivity index (χ1) is 12.5. The van der Waals surface area contributed by atoms with Gasteiger partial charge >= 0.3 is 5.97 Å². The van der Waals surface area contributed by atoms with Crippen LogP contribution in [-0.2, 0) is 4.79 Å². The molecule has 0 aromatic heterocycles. The minimum absolute atomic E-state index is 0.0140. The lowest BCUT2D eigenvalue weighted by molar-refractivity contribution is -0.131. The molecule has 3 rings (SSSR count). The van der Waals surface area contributed by atoms with Crippen molar-refractivity contribution in [3.8, 4) is 0 Å². The second kappa shape index (κ2) is 8.06. The van der Waals surface area contributed by atoms with E-state index in [4.69, 9.17) is 16.7 Å². The lowest BCUT2D eigenvalue weighted by Crippen LogP contribution is -2.31. The van der Waals surface area contributed by atoms with Crippen LogP contribution in [0, 0.1) is 0 Å². The molecule has 0 saturated carbocycles. The van der Waals surface area contributed by atoms with Crippen LogP contribution in [0.4, 0.5) is 5.69 Å². The number of amides is 1. The van der Waals surface area contributed by atoms with Gasteiger partial charge in [0.2, 0.25) is 0 Å². The third kappa shape index (κ3) is 4.64. The minimum Gasteiger partial charge on any atom is -0.478 e. The Hall–Kier alpha value is -2.79. The van der Waals surface area contributed by atoms with E-state index in [-0.39, 0.29) is 11.9 Å². The van der Waals surface area contributed by atoms with Crippen molar-refractivity contribution in [3.05, 3.63) is 70.8 Å². The predicted molar refractivity (Wildman–Crippen MR) is 102 cm³/mol. The van der Waals surface area contributed by atoms with E-state index in [1.54, 1.807) is 30.3 Å². The van der Waals surface area contributed by atoms with Gasteiger partial charge in [-0.2, -0.15) is 0 Å². The lowest BCUT2D eigenvalue weighted by atomic mass is 10.1. The van der Waals surface area contributed by atoms with Gasteiger partial charge < -0.3 is 15.3 Å². The number of hydrogen-bond donors (Lipinski definition) is 2. The van der Waals surface area contributed by atoms with Crippen LogP contribution in [0.15, 0.2) is 54.6 Å². The lowest BCUT2D eigenvalue weighted by Gasteiger charge is -2.18. The zero-order chi connectivity index (χ0) is 18.5. The van der Waals surface area contributed by atoms with Gasteiger partial charge in [-0.25, -0.2) is 4.79 Å². The molecule has 134 valence electrons. The number of anilines is 1. The first-order valence-corrected chi connectivity index (χ1v) is 8.71. The van der Waals surface area contributed by atoms with E-state index >= 15 is 0 Å². The highest BCUT2D eigenvalue weighted by molar-refractivity contribution is 6.30. The number of rotatable bonds is 5. The first-order valence-electron chi connectivity index (χ1n) is 8.34. The fourth-order valence-electron chi connectivity index (χ4n) is 2.93. The Morgan fingerprint density at radius 1 is 1.12 bits per heavy atom. The SMILES string of the molecule is O=C(O)C=Cc1ccc(N[C@@H]2CCN(C(=O)c3ccc(Cl)cc3)C2)cc1. The largest absolute Gasteiger partial charge is 0.478 e. The highest BCUT2D eigenvalue weighted by Gasteiger charge is 2.26. The van der Waals surface area contributed by atoms with Crippen LogP contribution in [0.25, 0.3) is 6.08 Å². The molecule has 0 spiro atoms. The average molecular weight is 371 g/mol. The van der Waals surface area contributed by atoms with Crippen molar-refractivity contribution in [1.29, 1.82) is 0 Å². The Balaban J connectivity index is 1.56. The molecule has 0 bridgehead atoms. The molecule has 0 unspecified atom stereocenters. The number of carboxylic acids is 1. The maximum atomic E-state index is 12.5. The topological polar surface area (TPSA) is 69.6 Å². The van der Waals surface area contributed by atoms with Gasteiger partial charge in [0.1, 0.15) is 0 Å². The third-order valence-electron chi connectivity index (χ3n) is 4.27. The molecular weight excluding hydrogens is 352 g/mol. The number of carboxylic acid groups (broad SMARTS) is 1. The first kappa shape index (κ1) is 18.0. The quantitative estimate of drug-likeness (QED) is 0.786. The van der Waals surface area contributed by atoms with Gasteiger partial charge in [0, 0.05) is 41.5 Å². The molecule has 1 aliphatic rings. The summed E-state index contributed by atoms with van der Waals surface area (Å²) in [5, 5.41) is 12.7. The second-order valence-electron chi connectivity index (χ2n) is 6.18. The molecule has 26 heavy (non-hydrogen) atoms. The number of hydrogen-bond acceptors (Lipinski definition) is 3. The van der Waals surface area contributed by atoms with Gasteiger partial charge in [-0.15, -0.1) is 0 Å². The number of nitrogens with zero attached hydrogens (tertiary/aromatic N) is 1. The number of carbonyl (C=O) groups is 2. The molecule has 2 aromatic rings. The van der Waals surface area contributed by atoms with Crippen molar-refractivity contribution in [1.82, 2.24) is 4.90 Å². The van der Waals surface area contributed by atoms with Crippen LogP contribution in [0.1, 0.15) is 22.3 Å². The molecule has 1 fully saturated rings. The van der Waals surface area contributed by atoms with Crippen LogP contribution >= 0.6 is 11.6 Å². The van der Waals surface area contributed by atoms with Crippen molar-refractivity contribution in [2.24, 2.45) is 0 Å². The molecule has 1 atom stereocenters. The average Bonchev–Trinajstić information content (AvgIpc) is 3.09. The molecule has 1 heterocycles. The zero-order valence-corrected chi connectivity index (χ0v) is 14.8. The summed E-state index contributed by atoms with van der Waals surface area (Å²) < 4.78 is 0. The maximum absolute atomic E-state index is 12.5. The molecule has 5 nitrogen and oxygen atoms in total. The van der Waals surface area contributed by atoms with Crippen molar-refractivity contribution in [2.45, 2.75) is 12.5 Å². The number of halogens is 1. The summed E-state index contributed by atoms with van der Waals surface area (Å²) in [6, 6.07) is 14.6. The Labute approximate surface area is 156 Å². The molecule has 0 aliphatic carbocycles. The number of aliphatic carboxylic acids is 1. The van der Waals surface area contributed by atoms with Gasteiger partial charge in [0.15, 0.2) is 0 Å². The van der Waals surface area contributed by atoms with E-state index in [0.29, 0.717) is 23.7 Å². The molecule has 2 aromatic carbocycles. The van der Waals surface area contributed by atoms with Crippen molar-refractivity contribution in [2.75, 3.05) is 18.4 Å². The van der Waals surface area contributed by atoms with E-state index < -0.39 is 5.97 Å².